The summed E-state index contributed by atoms with van der Waals surface area (Å²) in [6, 6.07) is 26.6. The number of ether oxygens (including phenoxy) is 1. The number of nitrogens with one attached hydrogen (secondary N) is 1. The molecule has 2 aliphatic rings. The van der Waals surface area contributed by atoms with Gasteiger partial charge < -0.3 is 15.0 Å². The summed E-state index contributed by atoms with van der Waals surface area (Å²) in [6.45, 7) is 6.53. The number of hydrogen-bond acceptors (Lipinski definition) is 4. The molecule has 1 N–H and O–H groups in total. The molecule has 0 aromatic heterocycles. The van der Waals surface area contributed by atoms with E-state index in [-0.39, 0.29) is 11.4 Å². The van der Waals surface area contributed by atoms with Crippen molar-refractivity contribution in [2.75, 3.05) is 43.5 Å². The lowest BCUT2D eigenvalue weighted by Gasteiger charge is -2.51. The van der Waals surface area contributed by atoms with Crippen LogP contribution in [-0.2, 0) is 5.54 Å². The lowest BCUT2D eigenvalue weighted by atomic mass is 9.71. The SMILES string of the molecule is COc1ccccc1C(=O)Nc1cccc(C2(N3CCN(c4ccccc4)CC3)CCC(C)CC2)c1. The minimum Gasteiger partial charge on any atom is -0.496 e. The number of amides is 1. The maximum atomic E-state index is 13.1. The number of para-hydroxylation sites is 2. The Labute approximate surface area is 215 Å². The highest BCUT2D eigenvalue weighted by Crippen LogP contribution is 2.45. The van der Waals surface area contributed by atoms with E-state index in [2.05, 4.69) is 70.6 Å². The zero-order chi connectivity index (χ0) is 25.0. The van der Waals surface area contributed by atoms with Crippen molar-refractivity contribution >= 4 is 17.3 Å². The molecule has 36 heavy (non-hydrogen) atoms. The number of hydrogen-bond donors (Lipinski definition) is 1. The minimum absolute atomic E-state index is 0.0143. The molecule has 1 heterocycles. The van der Waals surface area contributed by atoms with Gasteiger partial charge in [0.25, 0.3) is 5.91 Å². The third kappa shape index (κ3) is 4.98. The first-order valence-corrected chi connectivity index (χ1v) is 13.2. The van der Waals surface area contributed by atoms with Crippen molar-refractivity contribution < 1.29 is 9.53 Å². The number of carbonyl (C=O) groups is 1. The molecule has 1 aliphatic heterocycles. The number of methoxy groups -OCH3 is 1. The summed E-state index contributed by atoms with van der Waals surface area (Å²) in [4.78, 5) is 18.3. The fraction of sp³-hybridized carbons (Fsp3) is 0.387. The molecule has 1 aliphatic carbocycles. The van der Waals surface area contributed by atoms with Crippen LogP contribution in [0, 0.1) is 5.92 Å². The topological polar surface area (TPSA) is 44.8 Å². The third-order valence-electron chi connectivity index (χ3n) is 8.12. The van der Waals surface area contributed by atoms with Gasteiger partial charge in [-0.05, 0) is 73.6 Å². The van der Waals surface area contributed by atoms with Gasteiger partial charge in [-0.15, -0.1) is 0 Å². The lowest BCUT2D eigenvalue weighted by molar-refractivity contribution is 0.0299. The van der Waals surface area contributed by atoms with E-state index in [4.69, 9.17) is 4.74 Å². The number of anilines is 2. The van der Waals surface area contributed by atoms with Gasteiger partial charge in [0.05, 0.1) is 12.7 Å². The summed E-state index contributed by atoms with van der Waals surface area (Å²) < 4.78 is 5.40. The highest BCUT2D eigenvalue weighted by Gasteiger charge is 2.42. The Hall–Kier alpha value is -3.31. The second-order valence-corrected chi connectivity index (χ2v) is 10.3. The number of rotatable bonds is 6. The van der Waals surface area contributed by atoms with Crippen LogP contribution in [-0.4, -0.2) is 44.1 Å². The molecule has 0 atom stereocenters. The number of nitrogens with zero attached hydrogens (tertiary/aromatic N) is 2. The first kappa shape index (κ1) is 24.4. The monoisotopic (exact) mass is 483 g/mol. The molecule has 0 radical (unpaired) electrons. The van der Waals surface area contributed by atoms with Crippen LogP contribution < -0.4 is 15.0 Å². The van der Waals surface area contributed by atoms with E-state index in [9.17, 15) is 4.79 Å². The molecule has 5 rings (SSSR count). The molecule has 0 bridgehead atoms. The molecule has 1 amide bonds. The average Bonchev–Trinajstić information content (AvgIpc) is 2.94. The maximum absolute atomic E-state index is 13.1. The van der Waals surface area contributed by atoms with Crippen molar-refractivity contribution in [1.82, 2.24) is 4.90 Å². The van der Waals surface area contributed by atoms with Gasteiger partial charge in [0.15, 0.2) is 0 Å². The molecule has 0 spiro atoms. The van der Waals surface area contributed by atoms with E-state index in [0.29, 0.717) is 11.3 Å². The van der Waals surface area contributed by atoms with E-state index in [1.165, 1.54) is 24.1 Å². The van der Waals surface area contributed by atoms with Gasteiger partial charge >= 0.3 is 0 Å². The molecular weight excluding hydrogens is 446 g/mol. The minimum atomic E-state index is -0.146. The molecule has 3 aromatic rings. The standard InChI is InChI=1S/C31H37N3O2/c1-24-15-17-31(18-16-24,34-21-19-33(20-22-34)27-11-4-3-5-12-27)25-9-8-10-26(23-25)32-30(35)28-13-6-7-14-29(28)36-2/h3-14,23-24H,15-22H2,1-2H3,(H,32,35). The molecule has 188 valence electrons. The highest BCUT2D eigenvalue weighted by molar-refractivity contribution is 6.06. The molecule has 2 fully saturated rings. The lowest BCUT2D eigenvalue weighted by Crippen LogP contribution is -2.56. The van der Waals surface area contributed by atoms with E-state index < -0.39 is 0 Å². The van der Waals surface area contributed by atoms with Crippen molar-refractivity contribution in [2.45, 2.75) is 38.1 Å². The number of carbonyl (C=O) groups excluding carboxylic acids is 1. The van der Waals surface area contributed by atoms with Crippen LogP contribution >= 0.6 is 0 Å². The van der Waals surface area contributed by atoms with Gasteiger partial charge in [0.2, 0.25) is 0 Å². The molecule has 3 aromatic carbocycles. The predicted molar refractivity (Wildman–Crippen MR) is 147 cm³/mol. The Morgan fingerprint density at radius 1 is 0.889 bits per heavy atom. The van der Waals surface area contributed by atoms with E-state index >= 15 is 0 Å². The summed E-state index contributed by atoms with van der Waals surface area (Å²) in [5.74, 6) is 1.20. The van der Waals surface area contributed by atoms with Gasteiger partial charge in [-0.1, -0.05) is 49.4 Å². The predicted octanol–water partition coefficient (Wildman–Crippen LogP) is 6.18. The van der Waals surface area contributed by atoms with Crippen LogP contribution in [0.2, 0.25) is 0 Å². The summed E-state index contributed by atoms with van der Waals surface area (Å²) in [6.07, 6.45) is 4.78. The zero-order valence-corrected chi connectivity index (χ0v) is 21.5. The van der Waals surface area contributed by atoms with Crippen molar-refractivity contribution in [3.05, 3.63) is 90.0 Å². The van der Waals surface area contributed by atoms with Crippen LogP contribution in [0.1, 0.15) is 48.5 Å². The second-order valence-electron chi connectivity index (χ2n) is 10.3. The van der Waals surface area contributed by atoms with Crippen molar-refractivity contribution in [3.63, 3.8) is 0 Å². The van der Waals surface area contributed by atoms with Crippen molar-refractivity contribution in [3.8, 4) is 5.75 Å². The van der Waals surface area contributed by atoms with Gasteiger partial charge in [0.1, 0.15) is 5.75 Å². The van der Waals surface area contributed by atoms with E-state index in [1.807, 2.05) is 24.3 Å². The smallest absolute Gasteiger partial charge is 0.259 e. The van der Waals surface area contributed by atoms with Gasteiger partial charge in [-0.2, -0.15) is 0 Å². The van der Waals surface area contributed by atoms with Crippen LogP contribution in [0.5, 0.6) is 5.75 Å². The maximum Gasteiger partial charge on any atom is 0.259 e. The van der Waals surface area contributed by atoms with Crippen LogP contribution in [0.4, 0.5) is 11.4 Å². The molecule has 1 saturated heterocycles. The van der Waals surface area contributed by atoms with Crippen LogP contribution in [0.25, 0.3) is 0 Å². The van der Waals surface area contributed by atoms with Crippen molar-refractivity contribution in [2.24, 2.45) is 5.92 Å². The Bertz CT molecular complexity index is 1160. The molecule has 5 nitrogen and oxygen atoms in total. The van der Waals surface area contributed by atoms with Crippen molar-refractivity contribution in [1.29, 1.82) is 0 Å². The Morgan fingerprint density at radius 2 is 1.58 bits per heavy atom. The normalized spacial score (nSPS) is 22.7. The molecular formula is C31H37N3O2. The summed E-state index contributed by atoms with van der Waals surface area (Å²) in [7, 11) is 1.60. The summed E-state index contributed by atoms with van der Waals surface area (Å²) >= 11 is 0. The third-order valence-corrected chi connectivity index (χ3v) is 8.12. The number of piperazine rings is 1. The first-order chi connectivity index (χ1) is 17.6. The average molecular weight is 484 g/mol. The van der Waals surface area contributed by atoms with Gasteiger partial charge in [-0.25, -0.2) is 0 Å². The largest absolute Gasteiger partial charge is 0.496 e. The van der Waals surface area contributed by atoms with Gasteiger partial charge in [0, 0.05) is 43.1 Å². The Kier molecular flexibility index (Phi) is 7.28. The fourth-order valence-corrected chi connectivity index (χ4v) is 5.98. The Morgan fingerprint density at radius 3 is 2.31 bits per heavy atom. The summed E-state index contributed by atoms with van der Waals surface area (Å²) in [5, 5.41) is 3.12. The fourth-order valence-electron chi connectivity index (χ4n) is 5.98. The molecule has 0 unspecified atom stereocenters. The second kappa shape index (κ2) is 10.8. The van der Waals surface area contributed by atoms with Gasteiger partial charge in [-0.3, -0.25) is 9.69 Å². The summed E-state index contributed by atoms with van der Waals surface area (Å²) in [5.41, 5.74) is 4.03. The quantitative estimate of drug-likeness (QED) is 0.455. The molecule has 5 heteroatoms. The van der Waals surface area contributed by atoms with Crippen LogP contribution in [0.15, 0.2) is 78.9 Å². The highest BCUT2D eigenvalue weighted by atomic mass is 16.5. The first-order valence-electron chi connectivity index (χ1n) is 13.2. The number of benzene rings is 3. The van der Waals surface area contributed by atoms with Crippen LogP contribution in [0.3, 0.4) is 0 Å². The zero-order valence-electron chi connectivity index (χ0n) is 21.5. The van der Waals surface area contributed by atoms with E-state index in [0.717, 1.165) is 50.6 Å². The molecule has 1 saturated carbocycles. The van der Waals surface area contributed by atoms with E-state index in [1.54, 1.807) is 13.2 Å². The Balaban J connectivity index is 1.38.